The lowest BCUT2D eigenvalue weighted by molar-refractivity contribution is -0.119. The Morgan fingerprint density at radius 2 is 1.76 bits per heavy atom. The molecule has 0 aliphatic carbocycles. The fraction of sp³-hybridized carbons (Fsp3) is 0.286. The highest BCUT2D eigenvalue weighted by Crippen LogP contribution is 2.38. The first kappa shape index (κ1) is 22.6. The fourth-order valence-electron chi connectivity index (χ4n) is 4.56. The Bertz CT molecular complexity index is 1230. The van der Waals surface area contributed by atoms with Crippen LogP contribution in [0, 0.1) is 6.92 Å². The molecule has 1 amide bonds. The van der Waals surface area contributed by atoms with Gasteiger partial charge in [0, 0.05) is 6.61 Å². The second kappa shape index (κ2) is 9.95. The average Bonchev–Trinajstić information content (AvgIpc) is 3.55. The van der Waals surface area contributed by atoms with Crippen LogP contribution < -0.4 is 9.64 Å². The summed E-state index contributed by atoms with van der Waals surface area (Å²) in [5.74, 6) is 0.290. The lowest BCUT2D eigenvalue weighted by atomic mass is 9.90. The number of anilines is 1. The molecular formula is C28H28N2O3S. The van der Waals surface area contributed by atoms with E-state index in [-0.39, 0.29) is 12.0 Å². The van der Waals surface area contributed by atoms with Gasteiger partial charge < -0.3 is 9.47 Å². The van der Waals surface area contributed by atoms with Gasteiger partial charge in [-0.1, -0.05) is 78.1 Å². The highest BCUT2D eigenvalue weighted by atomic mass is 32.1. The van der Waals surface area contributed by atoms with E-state index < -0.39 is 5.92 Å². The number of amides is 1. The Kier molecular flexibility index (Phi) is 6.61. The van der Waals surface area contributed by atoms with Crippen molar-refractivity contribution >= 4 is 32.6 Å². The predicted octanol–water partition coefficient (Wildman–Crippen LogP) is 5.96. The number of fused-ring (bicyclic) bond motifs is 1. The zero-order valence-corrected chi connectivity index (χ0v) is 20.3. The molecule has 0 radical (unpaired) electrons. The number of ether oxygens (including phenoxy) is 2. The van der Waals surface area contributed by atoms with Crippen LogP contribution in [0.1, 0.15) is 35.4 Å². The van der Waals surface area contributed by atoms with Crippen LogP contribution in [-0.4, -0.2) is 37.3 Å². The molecule has 6 heteroatoms. The van der Waals surface area contributed by atoms with Gasteiger partial charge in [0.2, 0.25) is 5.91 Å². The Hall–Kier alpha value is -3.22. The Morgan fingerprint density at radius 3 is 2.35 bits per heavy atom. The Labute approximate surface area is 204 Å². The molecule has 1 atom stereocenters. The van der Waals surface area contributed by atoms with E-state index >= 15 is 0 Å². The Morgan fingerprint density at radius 1 is 1.09 bits per heavy atom. The first-order valence-corrected chi connectivity index (χ1v) is 12.4. The number of aromatic nitrogens is 1. The predicted molar refractivity (Wildman–Crippen MR) is 137 cm³/mol. The number of methoxy groups -OCH3 is 1. The topological polar surface area (TPSA) is 51.7 Å². The summed E-state index contributed by atoms with van der Waals surface area (Å²) in [4.78, 5) is 21.1. The number of carbonyl (C=O) groups is 1. The molecule has 1 aliphatic rings. The minimum Gasteiger partial charge on any atom is -0.494 e. The van der Waals surface area contributed by atoms with Crippen molar-refractivity contribution in [1.82, 2.24) is 4.98 Å². The minimum absolute atomic E-state index is 0.00331. The minimum atomic E-state index is -0.432. The first-order chi connectivity index (χ1) is 16.7. The van der Waals surface area contributed by atoms with Gasteiger partial charge in [-0.05, 0) is 42.5 Å². The van der Waals surface area contributed by atoms with Crippen LogP contribution >= 0.6 is 11.3 Å². The van der Waals surface area contributed by atoms with Gasteiger partial charge in [0.1, 0.15) is 11.3 Å². The van der Waals surface area contributed by atoms with Crippen molar-refractivity contribution in [3.8, 4) is 5.75 Å². The molecule has 4 aromatic rings. The zero-order chi connectivity index (χ0) is 23.5. The molecule has 0 bridgehead atoms. The number of thiazole rings is 1. The molecule has 34 heavy (non-hydrogen) atoms. The van der Waals surface area contributed by atoms with Crippen molar-refractivity contribution in [2.45, 2.75) is 31.8 Å². The van der Waals surface area contributed by atoms with E-state index in [0.29, 0.717) is 11.7 Å². The normalized spacial score (nSPS) is 15.7. The third-order valence-electron chi connectivity index (χ3n) is 6.33. The molecule has 0 saturated carbocycles. The van der Waals surface area contributed by atoms with Crippen molar-refractivity contribution in [2.75, 3.05) is 25.2 Å². The largest absolute Gasteiger partial charge is 0.494 e. The molecule has 1 aromatic heterocycles. The lowest BCUT2D eigenvalue weighted by Crippen LogP contribution is -2.40. The van der Waals surface area contributed by atoms with Crippen molar-refractivity contribution in [3.05, 3.63) is 89.5 Å². The van der Waals surface area contributed by atoms with Crippen LogP contribution in [0.25, 0.3) is 10.2 Å². The van der Waals surface area contributed by atoms with Crippen molar-refractivity contribution in [3.63, 3.8) is 0 Å². The molecule has 2 heterocycles. The number of hydrogen-bond acceptors (Lipinski definition) is 5. The monoisotopic (exact) mass is 472 g/mol. The molecular weight excluding hydrogens is 444 g/mol. The zero-order valence-electron chi connectivity index (χ0n) is 19.4. The number of carbonyl (C=O) groups excluding carboxylic acids is 1. The fourth-order valence-corrected chi connectivity index (χ4v) is 5.62. The smallest absolute Gasteiger partial charge is 0.240 e. The van der Waals surface area contributed by atoms with Crippen LogP contribution in [0.3, 0.4) is 0 Å². The maximum Gasteiger partial charge on any atom is 0.240 e. The van der Waals surface area contributed by atoms with Crippen LogP contribution in [0.15, 0.2) is 72.8 Å². The van der Waals surface area contributed by atoms with Crippen molar-refractivity contribution < 1.29 is 14.3 Å². The number of aryl methyl sites for hydroxylation is 1. The summed E-state index contributed by atoms with van der Waals surface area (Å²) >= 11 is 1.54. The average molecular weight is 473 g/mol. The number of hydrogen-bond donors (Lipinski definition) is 0. The molecule has 5 rings (SSSR count). The first-order valence-electron chi connectivity index (χ1n) is 11.6. The summed E-state index contributed by atoms with van der Waals surface area (Å²) in [5, 5.41) is 0.681. The summed E-state index contributed by atoms with van der Waals surface area (Å²) in [6, 6.07) is 23.9. The van der Waals surface area contributed by atoms with Gasteiger partial charge in [0.15, 0.2) is 5.13 Å². The number of benzene rings is 3. The summed E-state index contributed by atoms with van der Waals surface area (Å²) in [7, 11) is 1.65. The molecule has 1 fully saturated rings. The number of nitrogens with zero attached hydrogens (tertiary/aromatic N) is 2. The van der Waals surface area contributed by atoms with Gasteiger partial charge >= 0.3 is 0 Å². The second-order valence-corrected chi connectivity index (χ2v) is 9.57. The molecule has 0 spiro atoms. The van der Waals surface area contributed by atoms with Gasteiger partial charge in [0.25, 0.3) is 0 Å². The van der Waals surface area contributed by atoms with E-state index in [2.05, 4.69) is 6.92 Å². The van der Waals surface area contributed by atoms with Gasteiger partial charge in [-0.25, -0.2) is 4.98 Å². The maximum absolute atomic E-state index is 14.4. The van der Waals surface area contributed by atoms with Gasteiger partial charge in [0.05, 0.1) is 30.4 Å². The highest BCUT2D eigenvalue weighted by molar-refractivity contribution is 7.22. The van der Waals surface area contributed by atoms with Crippen LogP contribution in [0.2, 0.25) is 0 Å². The molecule has 0 N–H and O–H groups in total. The maximum atomic E-state index is 14.4. The van der Waals surface area contributed by atoms with Gasteiger partial charge in [-0.2, -0.15) is 0 Å². The molecule has 1 unspecified atom stereocenters. The van der Waals surface area contributed by atoms with E-state index in [1.54, 1.807) is 7.11 Å². The standard InChI is InChI=1S/C28H28N2O3S/c1-19-15-16-23(32-2)25-26(19)34-28(29-25)30(18-22-14-9-17-33-22)27(31)24(20-10-5-3-6-11-20)21-12-7-4-8-13-21/h3-8,10-13,15-16,22,24H,9,14,17-18H2,1-2H3. The van der Waals surface area contributed by atoms with E-state index in [4.69, 9.17) is 14.5 Å². The molecule has 3 aromatic carbocycles. The highest BCUT2D eigenvalue weighted by Gasteiger charge is 2.33. The SMILES string of the molecule is COc1ccc(C)c2sc(N(CC3CCCO3)C(=O)C(c3ccccc3)c3ccccc3)nc12. The summed E-state index contributed by atoms with van der Waals surface area (Å²) in [6.07, 6.45) is 1.96. The summed E-state index contributed by atoms with van der Waals surface area (Å²) in [5.41, 5.74) is 3.84. The Balaban J connectivity index is 1.62. The summed E-state index contributed by atoms with van der Waals surface area (Å²) in [6.45, 7) is 3.28. The molecule has 1 saturated heterocycles. The van der Waals surface area contributed by atoms with E-state index in [1.165, 1.54) is 11.3 Å². The quantitative estimate of drug-likeness (QED) is 0.333. The van der Waals surface area contributed by atoms with Crippen LogP contribution in [0.5, 0.6) is 5.75 Å². The van der Waals surface area contributed by atoms with E-state index in [9.17, 15) is 4.79 Å². The van der Waals surface area contributed by atoms with Gasteiger partial charge in [-0.15, -0.1) is 0 Å². The second-order valence-electron chi connectivity index (χ2n) is 8.60. The third-order valence-corrected chi connectivity index (χ3v) is 7.55. The lowest BCUT2D eigenvalue weighted by Gasteiger charge is -2.28. The molecule has 174 valence electrons. The third kappa shape index (κ3) is 4.43. The van der Waals surface area contributed by atoms with Crippen molar-refractivity contribution in [2.24, 2.45) is 0 Å². The molecule has 1 aliphatic heterocycles. The van der Waals surface area contributed by atoms with E-state index in [0.717, 1.165) is 52.1 Å². The van der Waals surface area contributed by atoms with Crippen LogP contribution in [-0.2, 0) is 9.53 Å². The van der Waals surface area contributed by atoms with Crippen molar-refractivity contribution in [1.29, 1.82) is 0 Å². The van der Waals surface area contributed by atoms with Crippen LogP contribution in [0.4, 0.5) is 5.13 Å². The van der Waals surface area contributed by atoms with E-state index in [1.807, 2.05) is 77.7 Å². The van der Waals surface area contributed by atoms with Gasteiger partial charge in [-0.3, -0.25) is 9.69 Å². The molecule has 5 nitrogen and oxygen atoms in total. The summed E-state index contributed by atoms with van der Waals surface area (Å²) < 4.78 is 12.6. The number of rotatable bonds is 7.